The van der Waals surface area contributed by atoms with Crippen LogP contribution in [0, 0.1) is 0 Å². The topological polar surface area (TPSA) is 35.2 Å². The first kappa shape index (κ1) is 10.8. The van der Waals surface area contributed by atoms with Gasteiger partial charge in [-0.1, -0.05) is 23.7 Å². The number of hydrogen-bond donors (Lipinski definition) is 1. The first-order valence-electron chi connectivity index (χ1n) is 4.89. The van der Waals surface area contributed by atoms with E-state index in [2.05, 4.69) is 0 Å². The number of methoxy groups -OCH3 is 1. The molecule has 0 radical (unpaired) electrons. The molecule has 0 heterocycles. The Labute approximate surface area is 99.6 Å². The Bertz CT molecular complexity index is 494. The molecule has 0 aliphatic rings. The number of halogens is 1. The molecule has 0 saturated heterocycles. The summed E-state index contributed by atoms with van der Waals surface area (Å²) >= 11 is 5.84. The largest absolute Gasteiger partial charge is 0.497 e. The second-order valence-electron chi connectivity index (χ2n) is 3.50. The number of nitrogens with two attached hydrogens (primary N) is 1. The van der Waals surface area contributed by atoms with Gasteiger partial charge in [0.2, 0.25) is 0 Å². The van der Waals surface area contributed by atoms with Crippen LogP contribution in [-0.4, -0.2) is 7.11 Å². The summed E-state index contributed by atoms with van der Waals surface area (Å²) in [4.78, 5) is 0. The number of rotatable bonds is 2. The number of hydrogen-bond acceptors (Lipinski definition) is 2. The standard InChI is InChI=1S/C13H12ClNO/c1-16-13-7-10(6-12(15)8-13)9-2-4-11(14)5-3-9/h2-8H,15H2,1H3. The lowest BCUT2D eigenvalue weighted by atomic mass is 10.0. The molecule has 0 fully saturated rings. The minimum atomic E-state index is 0.685. The maximum Gasteiger partial charge on any atom is 0.121 e. The normalized spacial score (nSPS) is 10.1. The van der Waals surface area contributed by atoms with Crippen LogP contribution < -0.4 is 10.5 Å². The van der Waals surface area contributed by atoms with Crippen LogP contribution in [0.4, 0.5) is 5.69 Å². The van der Waals surface area contributed by atoms with Gasteiger partial charge in [-0.3, -0.25) is 0 Å². The average Bonchev–Trinajstić information content (AvgIpc) is 2.29. The summed E-state index contributed by atoms with van der Waals surface area (Å²) in [7, 11) is 1.63. The van der Waals surface area contributed by atoms with Crippen molar-refractivity contribution in [2.24, 2.45) is 0 Å². The smallest absolute Gasteiger partial charge is 0.121 e. The van der Waals surface area contributed by atoms with Gasteiger partial charge in [-0.15, -0.1) is 0 Å². The molecule has 0 aliphatic carbocycles. The molecule has 2 aromatic carbocycles. The number of nitrogen functional groups attached to an aromatic ring is 1. The molecule has 0 aliphatic heterocycles. The predicted molar refractivity (Wildman–Crippen MR) is 67.9 cm³/mol. The fourth-order valence-corrected chi connectivity index (χ4v) is 1.67. The van der Waals surface area contributed by atoms with Crippen molar-refractivity contribution in [2.75, 3.05) is 12.8 Å². The van der Waals surface area contributed by atoms with Crippen LogP contribution >= 0.6 is 11.6 Å². The van der Waals surface area contributed by atoms with Gasteiger partial charge in [-0.2, -0.15) is 0 Å². The van der Waals surface area contributed by atoms with Gasteiger partial charge in [0.15, 0.2) is 0 Å². The highest BCUT2D eigenvalue weighted by molar-refractivity contribution is 6.30. The number of ether oxygens (including phenoxy) is 1. The molecule has 2 rings (SSSR count). The third-order valence-electron chi connectivity index (χ3n) is 2.34. The zero-order chi connectivity index (χ0) is 11.5. The van der Waals surface area contributed by atoms with Crippen molar-refractivity contribution < 1.29 is 4.74 Å². The second-order valence-corrected chi connectivity index (χ2v) is 3.94. The van der Waals surface area contributed by atoms with Crippen LogP contribution in [0.3, 0.4) is 0 Å². The first-order chi connectivity index (χ1) is 7.69. The summed E-state index contributed by atoms with van der Waals surface area (Å²) in [6.07, 6.45) is 0. The molecular formula is C13H12ClNO. The molecule has 82 valence electrons. The number of anilines is 1. The SMILES string of the molecule is COc1cc(N)cc(-c2ccc(Cl)cc2)c1. The van der Waals surface area contributed by atoms with Gasteiger partial charge in [-0.05, 0) is 35.4 Å². The quantitative estimate of drug-likeness (QED) is 0.805. The molecule has 16 heavy (non-hydrogen) atoms. The number of benzene rings is 2. The van der Waals surface area contributed by atoms with Crippen LogP contribution in [0.25, 0.3) is 11.1 Å². The molecule has 0 saturated carbocycles. The highest BCUT2D eigenvalue weighted by Crippen LogP contribution is 2.27. The van der Waals surface area contributed by atoms with E-state index in [9.17, 15) is 0 Å². The highest BCUT2D eigenvalue weighted by atomic mass is 35.5. The summed E-state index contributed by atoms with van der Waals surface area (Å²) in [5.41, 5.74) is 8.57. The zero-order valence-corrected chi connectivity index (χ0v) is 9.66. The predicted octanol–water partition coefficient (Wildman–Crippen LogP) is 3.60. The van der Waals surface area contributed by atoms with Gasteiger partial charge in [0.25, 0.3) is 0 Å². The van der Waals surface area contributed by atoms with Crippen molar-refractivity contribution in [3.8, 4) is 16.9 Å². The van der Waals surface area contributed by atoms with E-state index in [1.165, 1.54) is 0 Å². The highest BCUT2D eigenvalue weighted by Gasteiger charge is 2.01. The van der Waals surface area contributed by atoms with Crippen molar-refractivity contribution in [1.29, 1.82) is 0 Å². The Hall–Kier alpha value is -1.67. The van der Waals surface area contributed by atoms with Gasteiger partial charge >= 0.3 is 0 Å². The van der Waals surface area contributed by atoms with E-state index in [1.54, 1.807) is 13.2 Å². The molecule has 2 nitrogen and oxygen atoms in total. The van der Waals surface area contributed by atoms with Crippen LogP contribution in [0.1, 0.15) is 0 Å². The van der Waals surface area contributed by atoms with E-state index < -0.39 is 0 Å². The van der Waals surface area contributed by atoms with Gasteiger partial charge in [0.05, 0.1) is 7.11 Å². The maximum atomic E-state index is 5.84. The van der Waals surface area contributed by atoms with Gasteiger partial charge < -0.3 is 10.5 Å². The third kappa shape index (κ3) is 2.28. The Morgan fingerprint density at radius 3 is 2.31 bits per heavy atom. The van der Waals surface area contributed by atoms with E-state index in [4.69, 9.17) is 22.1 Å². The molecule has 2 aromatic rings. The van der Waals surface area contributed by atoms with Crippen molar-refractivity contribution in [2.45, 2.75) is 0 Å². The van der Waals surface area contributed by atoms with Crippen molar-refractivity contribution in [3.63, 3.8) is 0 Å². The molecule has 0 spiro atoms. The van der Waals surface area contributed by atoms with Crippen molar-refractivity contribution in [1.82, 2.24) is 0 Å². The summed E-state index contributed by atoms with van der Waals surface area (Å²) in [5.74, 6) is 0.755. The molecule has 0 atom stereocenters. The Morgan fingerprint density at radius 2 is 1.69 bits per heavy atom. The lowest BCUT2D eigenvalue weighted by molar-refractivity contribution is 0.415. The molecule has 2 N–H and O–H groups in total. The Balaban J connectivity index is 2.47. The lowest BCUT2D eigenvalue weighted by Crippen LogP contribution is -1.89. The van der Waals surface area contributed by atoms with Crippen molar-refractivity contribution in [3.05, 3.63) is 47.5 Å². The summed E-state index contributed by atoms with van der Waals surface area (Å²) in [6.45, 7) is 0. The van der Waals surface area contributed by atoms with E-state index >= 15 is 0 Å². The first-order valence-corrected chi connectivity index (χ1v) is 5.27. The summed E-state index contributed by atoms with van der Waals surface area (Å²) in [5, 5.41) is 0.722. The van der Waals surface area contributed by atoms with E-state index in [0.29, 0.717) is 5.69 Å². The second kappa shape index (κ2) is 4.45. The monoisotopic (exact) mass is 233 g/mol. The molecule has 0 aromatic heterocycles. The van der Waals surface area contributed by atoms with E-state index in [1.807, 2.05) is 36.4 Å². The molecule has 3 heteroatoms. The van der Waals surface area contributed by atoms with Crippen LogP contribution in [0.2, 0.25) is 5.02 Å². The van der Waals surface area contributed by atoms with Crippen molar-refractivity contribution >= 4 is 17.3 Å². The summed E-state index contributed by atoms with van der Waals surface area (Å²) < 4.78 is 5.17. The Morgan fingerprint density at radius 1 is 1.00 bits per heavy atom. The van der Waals surface area contributed by atoms with Crippen LogP contribution in [0.15, 0.2) is 42.5 Å². The Kier molecular flexibility index (Phi) is 3.02. The van der Waals surface area contributed by atoms with Gasteiger partial charge in [0, 0.05) is 16.8 Å². The maximum absolute atomic E-state index is 5.84. The third-order valence-corrected chi connectivity index (χ3v) is 2.59. The van der Waals surface area contributed by atoms with Crippen LogP contribution in [-0.2, 0) is 0 Å². The molecule has 0 amide bonds. The fraction of sp³-hybridized carbons (Fsp3) is 0.0769. The van der Waals surface area contributed by atoms with Gasteiger partial charge in [-0.25, -0.2) is 0 Å². The van der Waals surface area contributed by atoms with Crippen LogP contribution in [0.5, 0.6) is 5.75 Å². The molecule has 0 unspecified atom stereocenters. The molecule has 0 bridgehead atoms. The zero-order valence-electron chi connectivity index (χ0n) is 8.91. The fourth-order valence-electron chi connectivity index (χ4n) is 1.55. The molecular weight excluding hydrogens is 222 g/mol. The van der Waals surface area contributed by atoms with Gasteiger partial charge in [0.1, 0.15) is 5.75 Å². The minimum absolute atomic E-state index is 0.685. The average molecular weight is 234 g/mol. The lowest BCUT2D eigenvalue weighted by Gasteiger charge is -2.06. The van der Waals surface area contributed by atoms with E-state index in [0.717, 1.165) is 21.9 Å². The minimum Gasteiger partial charge on any atom is -0.497 e. The summed E-state index contributed by atoms with van der Waals surface area (Å²) in [6, 6.07) is 13.3. The van der Waals surface area contributed by atoms with E-state index in [-0.39, 0.29) is 0 Å².